The molecule has 1 aromatic heterocycles. The van der Waals surface area contributed by atoms with Crippen molar-refractivity contribution in [1.29, 1.82) is 0 Å². The van der Waals surface area contributed by atoms with Crippen LogP contribution in [0, 0.1) is 0 Å². The first kappa shape index (κ1) is 11.8. The van der Waals surface area contributed by atoms with Gasteiger partial charge in [-0.25, -0.2) is 0 Å². The van der Waals surface area contributed by atoms with Crippen molar-refractivity contribution in [1.82, 2.24) is 10.3 Å². The molecule has 4 heteroatoms. The monoisotopic (exact) mass is 232 g/mol. The maximum absolute atomic E-state index is 5.96. The van der Waals surface area contributed by atoms with Crippen LogP contribution in [0.4, 0.5) is 0 Å². The predicted octanol–water partition coefficient (Wildman–Crippen LogP) is 2.84. The quantitative estimate of drug-likeness (QED) is 0.791. The third-order valence-electron chi connectivity index (χ3n) is 2.12. The molecular weight excluding hydrogens is 219 g/mol. The number of nitrogens with zero attached hydrogens (tertiary/aromatic N) is 1. The predicted molar refractivity (Wildman–Crippen MR) is 60.9 cm³/mol. The Balaban J connectivity index is 2.49. The Morgan fingerprint density at radius 2 is 2.36 bits per heavy atom. The number of rotatable bonds is 5. The van der Waals surface area contributed by atoms with E-state index in [4.69, 9.17) is 23.2 Å². The molecule has 14 heavy (non-hydrogen) atoms. The molecule has 0 saturated heterocycles. The lowest BCUT2D eigenvalue weighted by atomic mass is 10.2. The third-order valence-corrected chi connectivity index (χ3v) is 2.83. The summed E-state index contributed by atoms with van der Waals surface area (Å²) >= 11 is 11.7. The van der Waals surface area contributed by atoms with Gasteiger partial charge in [-0.15, -0.1) is 11.6 Å². The molecule has 0 radical (unpaired) electrons. The van der Waals surface area contributed by atoms with Gasteiger partial charge in [-0.05, 0) is 18.1 Å². The van der Waals surface area contributed by atoms with E-state index in [1.54, 1.807) is 12.4 Å². The highest BCUT2D eigenvalue weighted by Gasteiger charge is 2.04. The number of nitrogens with one attached hydrogen (secondary N) is 1. The summed E-state index contributed by atoms with van der Waals surface area (Å²) in [4.78, 5) is 3.93. The van der Waals surface area contributed by atoms with Gasteiger partial charge in [-0.3, -0.25) is 4.98 Å². The molecule has 1 N–H and O–H groups in total. The summed E-state index contributed by atoms with van der Waals surface area (Å²) in [5.74, 6) is 0.624. The van der Waals surface area contributed by atoms with Crippen molar-refractivity contribution < 1.29 is 0 Å². The van der Waals surface area contributed by atoms with Gasteiger partial charge in [0.05, 0.1) is 5.02 Å². The number of aromatic nitrogens is 1. The number of alkyl halides is 1. The van der Waals surface area contributed by atoms with E-state index in [0.29, 0.717) is 16.9 Å². The molecule has 0 aliphatic heterocycles. The average molecular weight is 233 g/mol. The summed E-state index contributed by atoms with van der Waals surface area (Å²) in [5, 5.41) is 4.03. The van der Waals surface area contributed by atoms with Crippen LogP contribution in [-0.4, -0.2) is 16.9 Å². The van der Waals surface area contributed by atoms with Crippen LogP contribution in [0.2, 0.25) is 5.02 Å². The van der Waals surface area contributed by atoms with E-state index < -0.39 is 0 Å². The molecule has 0 aliphatic carbocycles. The van der Waals surface area contributed by atoms with E-state index in [0.717, 1.165) is 18.5 Å². The van der Waals surface area contributed by atoms with Crippen molar-refractivity contribution in [2.24, 2.45) is 0 Å². The van der Waals surface area contributed by atoms with Gasteiger partial charge in [-0.1, -0.05) is 18.5 Å². The zero-order chi connectivity index (χ0) is 10.4. The standard InChI is InChI=1S/C10H14Cl2N2/c1-2-9(5-11)14-6-8-3-4-13-7-10(8)12/h3-4,7,9,14H,2,5-6H2,1H3. The highest BCUT2D eigenvalue weighted by molar-refractivity contribution is 6.31. The molecule has 0 aliphatic rings. The second-order valence-corrected chi connectivity index (χ2v) is 3.82. The fourth-order valence-corrected chi connectivity index (χ4v) is 1.62. The molecule has 78 valence electrons. The van der Waals surface area contributed by atoms with Crippen molar-refractivity contribution in [3.63, 3.8) is 0 Å². The van der Waals surface area contributed by atoms with Gasteiger partial charge in [0.15, 0.2) is 0 Å². The van der Waals surface area contributed by atoms with Crippen molar-refractivity contribution in [2.75, 3.05) is 5.88 Å². The Hall–Kier alpha value is -0.310. The molecule has 1 heterocycles. The van der Waals surface area contributed by atoms with Gasteiger partial charge in [0.1, 0.15) is 0 Å². The van der Waals surface area contributed by atoms with Crippen molar-refractivity contribution >= 4 is 23.2 Å². The van der Waals surface area contributed by atoms with E-state index >= 15 is 0 Å². The SMILES string of the molecule is CCC(CCl)NCc1ccncc1Cl. The second-order valence-electron chi connectivity index (χ2n) is 3.11. The van der Waals surface area contributed by atoms with Crippen molar-refractivity contribution in [2.45, 2.75) is 25.9 Å². The largest absolute Gasteiger partial charge is 0.309 e. The number of hydrogen-bond acceptors (Lipinski definition) is 2. The van der Waals surface area contributed by atoms with Gasteiger partial charge in [0.2, 0.25) is 0 Å². The normalized spacial score (nSPS) is 12.8. The number of halogens is 2. The summed E-state index contributed by atoms with van der Waals surface area (Å²) < 4.78 is 0. The summed E-state index contributed by atoms with van der Waals surface area (Å²) in [6.07, 6.45) is 4.41. The van der Waals surface area contributed by atoms with E-state index in [2.05, 4.69) is 17.2 Å². The lowest BCUT2D eigenvalue weighted by molar-refractivity contribution is 0.538. The lowest BCUT2D eigenvalue weighted by Crippen LogP contribution is -2.29. The molecule has 0 spiro atoms. The molecule has 0 bridgehead atoms. The molecule has 1 atom stereocenters. The Morgan fingerprint density at radius 3 is 2.93 bits per heavy atom. The Labute approximate surface area is 94.6 Å². The zero-order valence-electron chi connectivity index (χ0n) is 8.13. The van der Waals surface area contributed by atoms with Crippen LogP contribution in [0.15, 0.2) is 18.5 Å². The Bertz CT molecular complexity index is 275. The number of pyridine rings is 1. The minimum atomic E-state index is 0.348. The minimum Gasteiger partial charge on any atom is -0.309 e. The molecule has 1 aromatic rings. The molecule has 0 saturated carbocycles. The lowest BCUT2D eigenvalue weighted by Gasteiger charge is -2.13. The van der Waals surface area contributed by atoms with Crippen LogP contribution >= 0.6 is 23.2 Å². The van der Waals surface area contributed by atoms with Crippen LogP contribution in [0.3, 0.4) is 0 Å². The molecule has 1 unspecified atom stereocenters. The van der Waals surface area contributed by atoms with Gasteiger partial charge in [-0.2, -0.15) is 0 Å². The van der Waals surface area contributed by atoms with Gasteiger partial charge >= 0.3 is 0 Å². The van der Waals surface area contributed by atoms with Gasteiger partial charge in [0.25, 0.3) is 0 Å². The van der Waals surface area contributed by atoms with Gasteiger partial charge in [0, 0.05) is 30.9 Å². The first-order chi connectivity index (χ1) is 6.77. The van der Waals surface area contributed by atoms with Crippen LogP contribution < -0.4 is 5.32 Å². The smallest absolute Gasteiger partial charge is 0.0634 e. The maximum Gasteiger partial charge on any atom is 0.0634 e. The topological polar surface area (TPSA) is 24.9 Å². The first-order valence-electron chi connectivity index (χ1n) is 4.65. The van der Waals surface area contributed by atoms with Crippen LogP contribution in [0.25, 0.3) is 0 Å². The van der Waals surface area contributed by atoms with Crippen molar-refractivity contribution in [3.8, 4) is 0 Å². The molecule has 1 rings (SSSR count). The molecule has 0 amide bonds. The minimum absolute atomic E-state index is 0.348. The van der Waals surface area contributed by atoms with Gasteiger partial charge < -0.3 is 5.32 Å². The number of hydrogen-bond donors (Lipinski definition) is 1. The third kappa shape index (κ3) is 3.45. The highest BCUT2D eigenvalue weighted by atomic mass is 35.5. The van der Waals surface area contributed by atoms with E-state index in [1.807, 2.05) is 6.07 Å². The summed E-state index contributed by atoms with van der Waals surface area (Å²) in [5.41, 5.74) is 1.06. The zero-order valence-corrected chi connectivity index (χ0v) is 9.65. The highest BCUT2D eigenvalue weighted by Crippen LogP contribution is 2.13. The van der Waals surface area contributed by atoms with Crippen LogP contribution in [-0.2, 0) is 6.54 Å². The van der Waals surface area contributed by atoms with E-state index in [1.165, 1.54) is 0 Å². The van der Waals surface area contributed by atoms with Crippen molar-refractivity contribution in [3.05, 3.63) is 29.0 Å². The average Bonchev–Trinajstić information content (AvgIpc) is 2.22. The van der Waals surface area contributed by atoms with Crippen LogP contribution in [0.1, 0.15) is 18.9 Å². The summed E-state index contributed by atoms with van der Waals surface area (Å²) in [7, 11) is 0. The fourth-order valence-electron chi connectivity index (χ4n) is 1.11. The summed E-state index contributed by atoms with van der Waals surface area (Å²) in [6, 6.07) is 2.26. The molecule has 2 nitrogen and oxygen atoms in total. The molecular formula is C10H14Cl2N2. The molecule has 0 aromatic carbocycles. The Kier molecular flexibility index (Phi) is 5.23. The van der Waals surface area contributed by atoms with Crippen LogP contribution in [0.5, 0.6) is 0 Å². The second kappa shape index (κ2) is 6.23. The summed E-state index contributed by atoms with van der Waals surface area (Å²) in [6.45, 7) is 2.85. The maximum atomic E-state index is 5.96. The Morgan fingerprint density at radius 1 is 1.57 bits per heavy atom. The molecule has 0 fully saturated rings. The fraction of sp³-hybridized carbons (Fsp3) is 0.500. The van der Waals surface area contributed by atoms with E-state index in [9.17, 15) is 0 Å². The van der Waals surface area contributed by atoms with E-state index in [-0.39, 0.29) is 0 Å². The first-order valence-corrected chi connectivity index (χ1v) is 5.57.